The van der Waals surface area contributed by atoms with E-state index in [0.29, 0.717) is 10.8 Å². The lowest BCUT2D eigenvalue weighted by Gasteiger charge is -2.02. The molecule has 0 atom stereocenters. The molecular weight excluding hydrogens is 264 g/mol. The zero-order chi connectivity index (χ0) is 13.4. The van der Waals surface area contributed by atoms with Gasteiger partial charge in [0.2, 0.25) is 0 Å². The van der Waals surface area contributed by atoms with Crippen molar-refractivity contribution in [3.05, 3.63) is 29.3 Å². The van der Waals surface area contributed by atoms with Crippen LogP contribution in [0.2, 0.25) is 5.15 Å². The SMILES string of the molecule is CCc1cc(-c2nnc3c(Cl)nccn23)n(CC)n1. The lowest BCUT2D eigenvalue weighted by Crippen LogP contribution is -2.02. The van der Waals surface area contributed by atoms with Gasteiger partial charge in [-0.2, -0.15) is 5.10 Å². The predicted octanol–water partition coefficient (Wildman–Crippen LogP) is 2.22. The Balaban J connectivity index is 2.24. The van der Waals surface area contributed by atoms with Crippen LogP contribution in [0.4, 0.5) is 0 Å². The van der Waals surface area contributed by atoms with Gasteiger partial charge in [0.1, 0.15) is 5.69 Å². The van der Waals surface area contributed by atoms with Gasteiger partial charge in [0.25, 0.3) is 0 Å². The molecule has 0 unspecified atom stereocenters. The van der Waals surface area contributed by atoms with Crippen molar-refractivity contribution in [1.29, 1.82) is 0 Å². The fourth-order valence-corrected chi connectivity index (χ4v) is 2.22. The minimum Gasteiger partial charge on any atom is -0.277 e. The summed E-state index contributed by atoms with van der Waals surface area (Å²) in [5, 5.41) is 13.2. The summed E-state index contributed by atoms with van der Waals surface area (Å²) < 4.78 is 3.75. The Morgan fingerprint density at radius 1 is 1.26 bits per heavy atom. The van der Waals surface area contributed by atoms with Crippen molar-refractivity contribution in [3.8, 4) is 11.5 Å². The van der Waals surface area contributed by atoms with E-state index in [1.807, 2.05) is 22.1 Å². The zero-order valence-electron chi connectivity index (χ0n) is 10.7. The standard InChI is InChI=1S/C12H13ClN6/c1-3-8-7-9(19(4-2)17-8)11-15-16-12-10(13)14-5-6-18(11)12/h5-7H,3-4H2,1-2H3. The summed E-state index contributed by atoms with van der Waals surface area (Å²) in [6.07, 6.45) is 4.32. The molecule has 7 heteroatoms. The van der Waals surface area contributed by atoms with Gasteiger partial charge in [-0.1, -0.05) is 18.5 Å². The first-order valence-electron chi connectivity index (χ1n) is 6.17. The van der Waals surface area contributed by atoms with Gasteiger partial charge in [-0.05, 0) is 19.4 Å². The number of halogens is 1. The second kappa shape index (κ2) is 4.62. The van der Waals surface area contributed by atoms with Gasteiger partial charge in [-0.3, -0.25) is 9.08 Å². The van der Waals surface area contributed by atoms with Crippen molar-refractivity contribution < 1.29 is 0 Å². The van der Waals surface area contributed by atoms with Gasteiger partial charge in [0, 0.05) is 18.9 Å². The number of fused-ring (bicyclic) bond motifs is 1. The molecular formula is C12H13ClN6. The Morgan fingerprint density at radius 3 is 2.84 bits per heavy atom. The minimum atomic E-state index is 0.347. The molecule has 0 N–H and O–H groups in total. The highest BCUT2D eigenvalue weighted by atomic mass is 35.5. The van der Waals surface area contributed by atoms with Crippen LogP contribution in [0, 0.1) is 0 Å². The molecule has 98 valence electrons. The highest BCUT2D eigenvalue weighted by Gasteiger charge is 2.15. The average molecular weight is 277 g/mol. The molecule has 0 spiro atoms. The monoisotopic (exact) mass is 276 g/mol. The van der Waals surface area contributed by atoms with Crippen molar-refractivity contribution in [1.82, 2.24) is 29.4 Å². The molecule has 3 heterocycles. The summed E-state index contributed by atoms with van der Waals surface area (Å²) in [5.41, 5.74) is 2.53. The van der Waals surface area contributed by atoms with Gasteiger partial charge in [-0.15, -0.1) is 10.2 Å². The Labute approximate surface area is 115 Å². The summed E-state index contributed by atoms with van der Waals surface area (Å²) in [6.45, 7) is 4.91. The first-order valence-corrected chi connectivity index (χ1v) is 6.54. The van der Waals surface area contributed by atoms with Gasteiger partial charge in [0.05, 0.1) is 5.69 Å². The van der Waals surface area contributed by atoms with E-state index in [0.717, 1.165) is 30.2 Å². The Kier molecular flexibility index (Phi) is 2.94. The van der Waals surface area contributed by atoms with Crippen molar-refractivity contribution >= 4 is 17.2 Å². The van der Waals surface area contributed by atoms with Crippen LogP contribution >= 0.6 is 11.6 Å². The lowest BCUT2D eigenvalue weighted by molar-refractivity contribution is 0.651. The third-order valence-electron chi connectivity index (χ3n) is 3.01. The number of aryl methyl sites for hydroxylation is 2. The minimum absolute atomic E-state index is 0.347. The molecule has 3 aromatic heterocycles. The zero-order valence-corrected chi connectivity index (χ0v) is 11.5. The van der Waals surface area contributed by atoms with E-state index in [1.54, 1.807) is 12.4 Å². The fraction of sp³-hybridized carbons (Fsp3) is 0.333. The molecule has 0 saturated heterocycles. The molecule has 0 fully saturated rings. The molecule has 0 saturated carbocycles. The Morgan fingerprint density at radius 2 is 2.11 bits per heavy atom. The van der Waals surface area contributed by atoms with Crippen LogP contribution in [0.15, 0.2) is 18.5 Å². The van der Waals surface area contributed by atoms with Crippen molar-refractivity contribution in [2.24, 2.45) is 0 Å². The first-order chi connectivity index (χ1) is 9.24. The van der Waals surface area contributed by atoms with Crippen molar-refractivity contribution in [2.75, 3.05) is 0 Å². The van der Waals surface area contributed by atoms with E-state index in [4.69, 9.17) is 11.6 Å². The smallest absolute Gasteiger partial charge is 0.198 e. The maximum atomic E-state index is 6.01. The van der Waals surface area contributed by atoms with E-state index in [9.17, 15) is 0 Å². The fourth-order valence-electron chi connectivity index (χ4n) is 2.03. The lowest BCUT2D eigenvalue weighted by atomic mass is 10.3. The van der Waals surface area contributed by atoms with E-state index < -0.39 is 0 Å². The third-order valence-corrected chi connectivity index (χ3v) is 3.27. The molecule has 3 rings (SSSR count). The van der Waals surface area contributed by atoms with E-state index in [1.165, 1.54) is 0 Å². The number of rotatable bonds is 3. The Hall–Kier alpha value is -1.95. The molecule has 6 nitrogen and oxygen atoms in total. The van der Waals surface area contributed by atoms with Crippen LogP contribution in [-0.4, -0.2) is 29.4 Å². The average Bonchev–Trinajstić information content (AvgIpc) is 3.02. The predicted molar refractivity (Wildman–Crippen MR) is 72.1 cm³/mol. The molecule has 0 bridgehead atoms. The summed E-state index contributed by atoms with van der Waals surface area (Å²) in [7, 11) is 0. The summed E-state index contributed by atoms with van der Waals surface area (Å²) >= 11 is 6.01. The molecule has 0 aliphatic heterocycles. The quantitative estimate of drug-likeness (QED) is 0.736. The molecule has 0 aliphatic rings. The number of nitrogens with zero attached hydrogens (tertiary/aromatic N) is 6. The van der Waals surface area contributed by atoms with Gasteiger partial charge >= 0.3 is 0 Å². The van der Waals surface area contributed by atoms with Crippen LogP contribution in [0.1, 0.15) is 19.5 Å². The second-order valence-corrected chi connectivity index (χ2v) is 4.48. The topological polar surface area (TPSA) is 60.9 Å². The van der Waals surface area contributed by atoms with Crippen molar-refractivity contribution in [3.63, 3.8) is 0 Å². The maximum absolute atomic E-state index is 6.01. The van der Waals surface area contributed by atoms with Gasteiger partial charge in [-0.25, -0.2) is 4.98 Å². The van der Waals surface area contributed by atoms with Gasteiger partial charge in [0.15, 0.2) is 16.6 Å². The second-order valence-electron chi connectivity index (χ2n) is 4.13. The summed E-state index contributed by atoms with van der Waals surface area (Å²) in [6, 6.07) is 2.04. The Bertz CT molecular complexity index is 729. The maximum Gasteiger partial charge on any atom is 0.198 e. The highest BCUT2D eigenvalue weighted by molar-refractivity contribution is 6.32. The largest absolute Gasteiger partial charge is 0.277 e. The molecule has 0 radical (unpaired) electrons. The van der Waals surface area contributed by atoms with E-state index in [-0.39, 0.29) is 0 Å². The van der Waals surface area contributed by atoms with Gasteiger partial charge < -0.3 is 0 Å². The summed E-state index contributed by atoms with van der Waals surface area (Å²) in [5.74, 6) is 0.730. The molecule has 0 aliphatic carbocycles. The van der Waals surface area contributed by atoms with Crippen LogP contribution in [-0.2, 0) is 13.0 Å². The normalized spacial score (nSPS) is 11.3. The van der Waals surface area contributed by atoms with E-state index >= 15 is 0 Å². The van der Waals surface area contributed by atoms with E-state index in [2.05, 4.69) is 27.2 Å². The first kappa shape index (κ1) is 12.1. The number of hydrogen-bond acceptors (Lipinski definition) is 4. The van der Waals surface area contributed by atoms with Crippen LogP contribution in [0.25, 0.3) is 17.2 Å². The van der Waals surface area contributed by atoms with Crippen LogP contribution in [0.3, 0.4) is 0 Å². The number of hydrogen-bond donors (Lipinski definition) is 0. The summed E-state index contributed by atoms with van der Waals surface area (Å²) in [4.78, 5) is 4.00. The molecule has 0 amide bonds. The number of aromatic nitrogens is 6. The van der Waals surface area contributed by atoms with Crippen LogP contribution < -0.4 is 0 Å². The molecule has 19 heavy (non-hydrogen) atoms. The highest BCUT2D eigenvalue weighted by Crippen LogP contribution is 2.22. The molecule has 0 aromatic carbocycles. The molecule has 3 aromatic rings. The third kappa shape index (κ3) is 1.88. The van der Waals surface area contributed by atoms with Crippen molar-refractivity contribution in [2.45, 2.75) is 26.8 Å². The van der Waals surface area contributed by atoms with Crippen LogP contribution in [0.5, 0.6) is 0 Å².